The number of ether oxygens (including phenoxy) is 2. The monoisotopic (exact) mass is 404 g/mol. The number of anilines is 1. The summed E-state index contributed by atoms with van der Waals surface area (Å²) in [5, 5.41) is 5.59. The van der Waals surface area contributed by atoms with Crippen LogP contribution in [0.3, 0.4) is 0 Å². The van der Waals surface area contributed by atoms with Crippen molar-refractivity contribution in [2.45, 2.75) is 12.1 Å². The molecule has 0 spiro atoms. The number of benzene rings is 1. The molecule has 148 valence electrons. The fraction of sp³-hybridized carbons (Fsp3) is 0.368. The molecule has 0 aliphatic carbocycles. The molecule has 8 nitrogen and oxygen atoms in total. The minimum atomic E-state index is -0.333. The van der Waals surface area contributed by atoms with Crippen LogP contribution in [0.1, 0.15) is 0 Å². The molecule has 28 heavy (non-hydrogen) atoms. The summed E-state index contributed by atoms with van der Waals surface area (Å²) in [7, 11) is 3.02. The van der Waals surface area contributed by atoms with Gasteiger partial charge in [0.1, 0.15) is 12.1 Å². The molecule has 3 heterocycles. The second kappa shape index (κ2) is 7.92. The summed E-state index contributed by atoms with van der Waals surface area (Å²) in [5.74, 6) is -0.310. The van der Waals surface area contributed by atoms with Crippen LogP contribution in [0.25, 0.3) is 10.9 Å². The average Bonchev–Trinajstić information content (AvgIpc) is 3.42. The number of epoxide rings is 1. The van der Waals surface area contributed by atoms with Crippen molar-refractivity contribution >= 4 is 34.1 Å². The highest BCUT2D eigenvalue weighted by molar-refractivity contribution is 6.31. The zero-order chi connectivity index (χ0) is 19.7. The molecule has 1 aromatic carbocycles. The molecule has 1 saturated heterocycles. The fourth-order valence-corrected chi connectivity index (χ4v) is 3.60. The van der Waals surface area contributed by atoms with Gasteiger partial charge in [-0.25, -0.2) is 5.48 Å². The molecule has 2 aliphatic heterocycles. The van der Waals surface area contributed by atoms with Gasteiger partial charge in [0.15, 0.2) is 0 Å². The maximum atomic E-state index is 12.6. The van der Waals surface area contributed by atoms with E-state index in [4.69, 9.17) is 25.9 Å². The Labute approximate surface area is 167 Å². The van der Waals surface area contributed by atoms with Crippen molar-refractivity contribution in [3.8, 4) is 0 Å². The predicted molar refractivity (Wildman–Crippen MR) is 105 cm³/mol. The minimum absolute atomic E-state index is 0.134. The molecule has 2 aliphatic rings. The Morgan fingerprint density at radius 3 is 2.93 bits per heavy atom. The lowest BCUT2D eigenvalue weighted by molar-refractivity contribution is -0.127. The Balaban J connectivity index is 1.79. The van der Waals surface area contributed by atoms with Gasteiger partial charge in [-0.05, 0) is 24.3 Å². The number of hydrogen-bond donors (Lipinski definition) is 1. The summed E-state index contributed by atoms with van der Waals surface area (Å²) in [4.78, 5) is 21.8. The summed E-state index contributed by atoms with van der Waals surface area (Å²) in [5.41, 5.74) is 4.63. The van der Waals surface area contributed by atoms with Crippen LogP contribution in [0.4, 0.5) is 5.69 Å². The number of carbonyl (C=O) groups excluding carboxylic acids is 1. The third-order valence-electron chi connectivity index (χ3n) is 4.72. The number of fused-ring (bicyclic) bond motifs is 1. The number of hydrogen-bond acceptors (Lipinski definition) is 7. The Hall–Kier alpha value is -2.39. The van der Waals surface area contributed by atoms with Gasteiger partial charge in [-0.3, -0.25) is 24.6 Å². The van der Waals surface area contributed by atoms with Gasteiger partial charge in [0.2, 0.25) is 0 Å². The Bertz CT molecular complexity index is 918. The molecule has 0 saturated carbocycles. The summed E-state index contributed by atoms with van der Waals surface area (Å²) < 4.78 is 10.9. The summed E-state index contributed by atoms with van der Waals surface area (Å²) in [6.07, 6.45) is 3.69. The van der Waals surface area contributed by atoms with Gasteiger partial charge in [-0.1, -0.05) is 11.6 Å². The molecule has 2 atom stereocenters. The zero-order valence-corrected chi connectivity index (χ0v) is 16.3. The number of hydroxylamine groups is 1. The fourth-order valence-electron chi connectivity index (χ4n) is 3.43. The summed E-state index contributed by atoms with van der Waals surface area (Å²) >= 11 is 6.14. The van der Waals surface area contributed by atoms with E-state index >= 15 is 0 Å². The first-order chi connectivity index (χ1) is 13.6. The summed E-state index contributed by atoms with van der Waals surface area (Å²) in [6.45, 7) is 1.66. The Kier molecular flexibility index (Phi) is 5.36. The molecule has 1 N–H and O–H groups in total. The van der Waals surface area contributed by atoms with Gasteiger partial charge >= 0.3 is 0 Å². The van der Waals surface area contributed by atoms with Crippen molar-refractivity contribution < 1.29 is 19.1 Å². The summed E-state index contributed by atoms with van der Waals surface area (Å²) in [6, 6.07) is 7.17. The molecule has 0 radical (unpaired) electrons. The quantitative estimate of drug-likeness (QED) is 0.557. The topological polar surface area (TPSA) is 79.5 Å². The van der Waals surface area contributed by atoms with Crippen molar-refractivity contribution in [1.82, 2.24) is 15.5 Å². The smallest absolute Gasteiger partial charge is 0.274 e. The molecule has 1 aromatic heterocycles. The lowest BCUT2D eigenvalue weighted by Crippen LogP contribution is -2.47. The number of carbonyl (C=O) groups is 1. The van der Waals surface area contributed by atoms with Crippen LogP contribution in [0.5, 0.6) is 0 Å². The first-order valence-corrected chi connectivity index (χ1v) is 9.25. The van der Waals surface area contributed by atoms with Crippen molar-refractivity contribution in [2.75, 3.05) is 39.0 Å². The van der Waals surface area contributed by atoms with Crippen LogP contribution in [0.15, 0.2) is 42.2 Å². The van der Waals surface area contributed by atoms with Crippen LogP contribution in [0.2, 0.25) is 5.02 Å². The number of hydrazine groups is 1. The van der Waals surface area contributed by atoms with E-state index in [0.29, 0.717) is 30.4 Å². The second-order valence-electron chi connectivity index (χ2n) is 6.60. The van der Waals surface area contributed by atoms with E-state index in [1.807, 2.05) is 40.5 Å². The second-order valence-corrected chi connectivity index (χ2v) is 7.04. The number of rotatable bonds is 7. The van der Waals surface area contributed by atoms with Crippen molar-refractivity contribution in [1.29, 1.82) is 0 Å². The average molecular weight is 405 g/mol. The number of nitrogens with zero attached hydrogens (tertiary/aromatic N) is 3. The molecular formula is C19H21ClN4O4. The van der Waals surface area contributed by atoms with Gasteiger partial charge in [0.25, 0.3) is 5.91 Å². The van der Waals surface area contributed by atoms with Crippen molar-refractivity contribution in [2.24, 2.45) is 0 Å². The normalized spacial score (nSPS) is 21.2. The van der Waals surface area contributed by atoms with Gasteiger partial charge in [0.05, 0.1) is 43.6 Å². The van der Waals surface area contributed by atoms with Gasteiger partial charge in [0, 0.05) is 29.9 Å². The predicted octanol–water partition coefficient (Wildman–Crippen LogP) is 1.90. The number of pyridine rings is 1. The highest BCUT2D eigenvalue weighted by Gasteiger charge is 2.40. The van der Waals surface area contributed by atoms with Crippen LogP contribution in [-0.4, -0.2) is 62.0 Å². The van der Waals surface area contributed by atoms with E-state index in [1.165, 1.54) is 7.11 Å². The molecule has 0 bridgehead atoms. The maximum absolute atomic E-state index is 12.6. The number of nitrogens with one attached hydrogen (secondary N) is 1. The molecule has 1 amide bonds. The van der Waals surface area contributed by atoms with E-state index < -0.39 is 0 Å². The number of aromatic nitrogens is 1. The van der Waals surface area contributed by atoms with Crippen LogP contribution >= 0.6 is 11.6 Å². The highest BCUT2D eigenvalue weighted by atomic mass is 35.5. The molecule has 9 heteroatoms. The Morgan fingerprint density at radius 1 is 1.39 bits per heavy atom. The minimum Gasteiger partial charge on any atom is -0.382 e. The highest BCUT2D eigenvalue weighted by Crippen LogP contribution is 2.36. The lowest BCUT2D eigenvalue weighted by Gasteiger charge is -2.36. The maximum Gasteiger partial charge on any atom is 0.274 e. The van der Waals surface area contributed by atoms with E-state index in [-0.39, 0.29) is 18.1 Å². The SMILES string of the molecule is COCC1C(C(=O)NOC)=CN(CC2CO2)N1c1ccnc2cc(Cl)ccc12. The lowest BCUT2D eigenvalue weighted by atomic mass is 10.1. The van der Waals surface area contributed by atoms with Crippen molar-refractivity contribution in [3.05, 3.63) is 47.3 Å². The van der Waals surface area contributed by atoms with Crippen LogP contribution in [-0.2, 0) is 19.1 Å². The Morgan fingerprint density at radius 2 is 2.21 bits per heavy atom. The molecule has 1 fully saturated rings. The first kappa shape index (κ1) is 18.9. The van der Waals surface area contributed by atoms with E-state index in [2.05, 4.69) is 10.5 Å². The van der Waals surface area contributed by atoms with Crippen LogP contribution in [0, 0.1) is 0 Å². The molecular weight excluding hydrogens is 384 g/mol. The van der Waals surface area contributed by atoms with E-state index in [9.17, 15) is 4.79 Å². The van der Waals surface area contributed by atoms with Gasteiger partial charge in [-0.2, -0.15) is 0 Å². The van der Waals surface area contributed by atoms with E-state index in [0.717, 1.165) is 16.6 Å². The third kappa shape index (κ3) is 3.64. The standard InChI is InChI=1S/C19H21ClN4O4/c1-26-11-18-15(19(25)22-27-2)9-23(8-13-10-28-13)24(18)17-5-6-21-16-7-12(20)3-4-14(16)17/h3-7,9,13,18H,8,10-11H2,1-2H3,(H,22,25). The molecule has 2 aromatic rings. The van der Waals surface area contributed by atoms with E-state index in [1.54, 1.807) is 13.3 Å². The van der Waals surface area contributed by atoms with Crippen molar-refractivity contribution in [3.63, 3.8) is 0 Å². The molecule has 2 unspecified atom stereocenters. The largest absolute Gasteiger partial charge is 0.382 e. The number of halogens is 1. The number of methoxy groups -OCH3 is 1. The van der Waals surface area contributed by atoms with Gasteiger partial charge in [-0.15, -0.1) is 0 Å². The first-order valence-electron chi connectivity index (χ1n) is 8.88. The zero-order valence-electron chi connectivity index (χ0n) is 15.6. The van der Waals surface area contributed by atoms with Gasteiger partial charge < -0.3 is 9.47 Å². The number of amides is 1. The third-order valence-corrected chi connectivity index (χ3v) is 4.96. The molecule has 4 rings (SSSR count). The van der Waals surface area contributed by atoms with Crippen LogP contribution < -0.4 is 10.5 Å².